The van der Waals surface area contributed by atoms with E-state index in [1.54, 1.807) is 18.0 Å². The minimum atomic E-state index is 0.769. The summed E-state index contributed by atoms with van der Waals surface area (Å²) in [5.74, 6) is 0. The molecular weight excluding hydrogens is 252 g/mol. The Balaban J connectivity index is 2.18. The van der Waals surface area contributed by atoms with Crippen molar-refractivity contribution in [1.29, 1.82) is 0 Å². The third-order valence-corrected chi connectivity index (χ3v) is 3.73. The number of nitrogens with zero attached hydrogens (tertiary/aromatic N) is 2. The van der Waals surface area contributed by atoms with E-state index in [-0.39, 0.29) is 0 Å². The van der Waals surface area contributed by atoms with E-state index in [1.165, 1.54) is 0 Å². The van der Waals surface area contributed by atoms with Gasteiger partial charge in [-0.25, -0.2) is 4.99 Å². The molecule has 2 aliphatic heterocycles. The van der Waals surface area contributed by atoms with Gasteiger partial charge in [0.1, 0.15) is 0 Å². The van der Waals surface area contributed by atoms with E-state index in [9.17, 15) is 0 Å². The fraction of sp³-hybridized carbons (Fsp3) is 0.0625. The number of thioether (sulfide) groups is 1. The van der Waals surface area contributed by atoms with Crippen molar-refractivity contribution in [3.8, 4) is 0 Å². The molecule has 0 aliphatic carbocycles. The Hall–Kier alpha value is -2.09. The molecule has 0 fully saturated rings. The summed E-state index contributed by atoms with van der Waals surface area (Å²) in [6.07, 6.45) is 8.47. The molecule has 1 aromatic carbocycles. The van der Waals surface area contributed by atoms with Crippen LogP contribution in [0.5, 0.6) is 0 Å². The van der Waals surface area contributed by atoms with Gasteiger partial charge in [-0.2, -0.15) is 0 Å². The predicted molar refractivity (Wildman–Crippen MR) is 81.2 cm³/mol. The molecule has 92 valence electrons. The topological polar surface area (TPSA) is 24.7 Å². The van der Waals surface area contributed by atoms with E-state index in [1.807, 2.05) is 30.4 Å². The van der Waals surface area contributed by atoms with E-state index in [4.69, 9.17) is 0 Å². The fourth-order valence-corrected chi connectivity index (χ4v) is 2.71. The van der Waals surface area contributed by atoms with Crippen LogP contribution in [0.25, 0.3) is 6.08 Å². The van der Waals surface area contributed by atoms with Crippen molar-refractivity contribution in [3.63, 3.8) is 0 Å². The zero-order valence-corrected chi connectivity index (χ0v) is 11.2. The number of benzene rings is 1. The van der Waals surface area contributed by atoms with Crippen LogP contribution >= 0.6 is 11.8 Å². The van der Waals surface area contributed by atoms with Crippen molar-refractivity contribution in [2.24, 2.45) is 9.98 Å². The van der Waals surface area contributed by atoms with E-state index in [2.05, 4.69) is 34.4 Å². The van der Waals surface area contributed by atoms with Gasteiger partial charge in [-0.05, 0) is 23.4 Å². The maximum atomic E-state index is 4.57. The second-order valence-electron chi connectivity index (χ2n) is 4.14. The summed E-state index contributed by atoms with van der Waals surface area (Å²) in [5.41, 5.74) is 4.11. The lowest BCUT2D eigenvalue weighted by atomic mass is 10.2. The number of allylic oxidation sites excluding steroid dienone is 2. The van der Waals surface area contributed by atoms with Crippen LogP contribution in [0.3, 0.4) is 0 Å². The minimum absolute atomic E-state index is 0.769. The van der Waals surface area contributed by atoms with Crippen LogP contribution in [0.15, 0.2) is 74.3 Å². The first-order chi connectivity index (χ1) is 9.33. The second-order valence-corrected chi connectivity index (χ2v) is 5.26. The number of fused-ring (bicyclic) bond motifs is 1. The standard InChI is InChI=1S/C16H12N2S/c1-12-18-14-7-3-2-6-13(14)9-10-15-16(19-12)8-4-5-11-17-15/h2-3,5-9,11H,1,10H2/b13-9-,18-14?. The SMILES string of the molecule is C=C1N=c2cccc/c2=C/CC2=C(C=C=CC=N2)S1. The summed E-state index contributed by atoms with van der Waals surface area (Å²) >= 11 is 1.54. The van der Waals surface area contributed by atoms with Gasteiger partial charge in [-0.1, -0.05) is 42.6 Å². The fourth-order valence-electron chi connectivity index (χ4n) is 1.94. The monoisotopic (exact) mass is 264 g/mol. The Labute approximate surface area is 116 Å². The Morgan fingerprint density at radius 3 is 3.11 bits per heavy atom. The van der Waals surface area contributed by atoms with Gasteiger partial charge in [0, 0.05) is 17.5 Å². The van der Waals surface area contributed by atoms with Crippen molar-refractivity contribution in [2.75, 3.05) is 0 Å². The van der Waals surface area contributed by atoms with Crippen LogP contribution in [-0.4, -0.2) is 6.21 Å². The lowest BCUT2D eigenvalue weighted by molar-refractivity contribution is 1.20. The lowest BCUT2D eigenvalue weighted by Gasteiger charge is -2.03. The molecule has 19 heavy (non-hydrogen) atoms. The van der Waals surface area contributed by atoms with Crippen LogP contribution < -0.4 is 10.6 Å². The van der Waals surface area contributed by atoms with Gasteiger partial charge in [0.15, 0.2) is 0 Å². The quantitative estimate of drug-likeness (QED) is 0.661. The van der Waals surface area contributed by atoms with E-state index >= 15 is 0 Å². The normalized spacial score (nSPS) is 19.2. The Morgan fingerprint density at radius 2 is 2.16 bits per heavy atom. The molecule has 0 bridgehead atoms. The molecule has 0 spiro atoms. The number of aliphatic imine (C=N–C) groups is 1. The average Bonchev–Trinajstić information content (AvgIpc) is 2.59. The summed E-state index contributed by atoms with van der Waals surface area (Å²) in [7, 11) is 0. The number of para-hydroxylation sites is 1. The van der Waals surface area contributed by atoms with E-state index in [0.717, 1.165) is 32.6 Å². The third-order valence-electron chi connectivity index (χ3n) is 2.82. The van der Waals surface area contributed by atoms with Crippen molar-refractivity contribution in [1.82, 2.24) is 0 Å². The first-order valence-corrected chi connectivity index (χ1v) is 6.83. The zero-order valence-electron chi connectivity index (χ0n) is 10.3. The second kappa shape index (κ2) is 5.27. The first-order valence-electron chi connectivity index (χ1n) is 6.02. The van der Waals surface area contributed by atoms with Gasteiger partial charge >= 0.3 is 0 Å². The Morgan fingerprint density at radius 1 is 1.26 bits per heavy atom. The van der Waals surface area contributed by atoms with E-state index < -0.39 is 0 Å². The van der Waals surface area contributed by atoms with Crippen LogP contribution in [0.2, 0.25) is 0 Å². The first kappa shape index (κ1) is 12.0. The minimum Gasteiger partial charge on any atom is -0.259 e. The van der Waals surface area contributed by atoms with Crippen molar-refractivity contribution >= 4 is 24.1 Å². The Kier molecular flexibility index (Phi) is 3.32. The van der Waals surface area contributed by atoms with Crippen LogP contribution in [0.4, 0.5) is 0 Å². The molecule has 3 rings (SSSR count). The van der Waals surface area contributed by atoms with Crippen molar-refractivity contribution < 1.29 is 0 Å². The Bertz CT molecular complexity index is 775. The van der Waals surface area contributed by atoms with Crippen molar-refractivity contribution in [2.45, 2.75) is 6.42 Å². The molecule has 1 aromatic rings. The highest BCUT2D eigenvalue weighted by Gasteiger charge is 2.08. The van der Waals surface area contributed by atoms with Crippen LogP contribution in [-0.2, 0) is 0 Å². The summed E-state index contributed by atoms with van der Waals surface area (Å²) in [5, 5.41) is 2.85. The van der Waals surface area contributed by atoms with Gasteiger partial charge in [0.05, 0.1) is 16.1 Å². The molecule has 2 aliphatic rings. The largest absolute Gasteiger partial charge is 0.259 e. The summed E-state index contributed by atoms with van der Waals surface area (Å²) < 4.78 is 0. The van der Waals surface area contributed by atoms with E-state index in [0.29, 0.717) is 0 Å². The molecule has 3 heteroatoms. The number of hydrogen-bond acceptors (Lipinski definition) is 3. The molecule has 0 N–H and O–H groups in total. The van der Waals surface area contributed by atoms with Gasteiger partial charge in [-0.15, -0.1) is 5.73 Å². The predicted octanol–water partition coefficient (Wildman–Crippen LogP) is 2.70. The molecule has 0 aromatic heterocycles. The van der Waals surface area contributed by atoms with Gasteiger partial charge in [0.25, 0.3) is 0 Å². The zero-order chi connectivity index (χ0) is 13.1. The molecule has 0 saturated heterocycles. The summed E-state index contributed by atoms with van der Waals surface area (Å²) in [4.78, 5) is 10.1. The van der Waals surface area contributed by atoms with Crippen LogP contribution in [0, 0.1) is 0 Å². The highest BCUT2D eigenvalue weighted by atomic mass is 32.2. The molecule has 0 atom stereocenters. The molecule has 0 unspecified atom stereocenters. The van der Waals surface area contributed by atoms with Gasteiger partial charge < -0.3 is 0 Å². The molecule has 2 heterocycles. The lowest BCUT2D eigenvalue weighted by Crippen LogP contribution is -2.23. The molecule has 0 radical (unpaired) electrons. The maximum Gasteiger partial charge on any atom is 0.0943 e. The number of rotatable bonds is 0. The highest BCUT2D eigenvalue weighted by Crippen LogP contribution is 2.31. The highest BCUT2D eigenvalue weighted by molar-refractivity contribution is 8.06. The molecule has 0 amide bonds. The average molecular weight is 264 g/mol. The van der Waals surface area contributed by atoms with Crippen LogP contribution in [0.1, 0.15) is 6.42 Å². The van der Waals surface area contributed by atoms with Gasteiger partial charge in [-0.3, -0.25) is 4.99 Å². The number of hydrogen-bond donors (Lipinski definition) is 0. The third kappa shape index (κ3) is 2.68. The summed E-state index contributed by atoms with van der Waals surface area (Å²) in [6, 6.07) is 8.08. The molecule has 0 saturated carbocycles. The smallest absolute Gasteiger partial charge is 0.0943 e. The molecule has 2 nitrogen and oxygen atoms in total. The summed E-state index contributed by atoms with van der Waals surface area (Å²) in [6.45, 7) is 4.02. The molecular formula is C16H12N2S. The van der Waals surface area contributed by atoms with Gasteiger partial charge in [0.2, 0.25) is 0 Å². The van der Waals surface area contributed by atoms with Crippen molar-refractivity contribution in [3.05, 3.63) is 74.9 Å². The maximum absolute atomic E-state index is 4.57.